The fraction of sp³-hybridized carbons (Fsp3) is 0.750. The van der Waals surface area contributed by atoms with Crippen molar-refractivity contribution in [2.24, 2.45) is 0 Å². The maximum Gasteiger partial charge on any atom is 0.236 e. The molecule has 0 aliphatic heterocycles. The molecule has 1 unspecified atom stereocenters. The van der Waals surface area contributed by atoms with Gasteiger partial charge in [0.15, 0.2) is 0 Å². The number of nitrogens with zero attached hydrogens (tertiary/aromatic N) is 1. The van der Waals surface area contributed by atoms with Crippen molar-refractivity contribution in [3.63, 3.8) is 0 Å². The van der Waals surface area contributed by atoms with Crippen LogP contribution < -0.4 is 5.32 Å². The maximum absolute atomic E-state index is 11.3. The molecule has 88 valence electrons. The third-order valence-electron chi connectivity index (χ3n) is 2.25. The first kappa shape index (κ1) is 14.2. The third kappa shape index (κ3) is 8.18. The lowest BCUT2D eigenvalue weighted by Crippen LogP contribution is -2.37. The molecule has 0 heterocycles. The Morgan fingerprint density at radius 1 is 1.40 bits per heavy atom. The molecule has 0 aromatic rings. The molecule has 0 spiro atoms. The van der Waals surface area contributed by atoms with Crippen LogP contribution in [0, 0.1) is 0 Å². The van der Waals surface area contributed by atoms with Crippen LogP contribution in [0.5, 0.6) is 0 Å². The predicted molar refractivity (Wildman–Crippen MR) is 64.8 cm³/mol. The van der Waals surface area contributed by atoms with Crippen molar-refractivity contribution in [2.75, 3.05) is 20.6 Å². The summed E-state index contributed by atoms with van der Waals surface area (Å²) in [4.78, 5) is 12.9. The molecule has 1 atom stereocenters. The number of hydrogen-bond acceptors (Lipinski definition) is 2. The number of hydrogen-bond donors (Lipinski definition) is 1. The van der Waals surface area contributed by atoms with E-state index in [4.69, 9.17) is 0 Å². The first-order valence-electron chi connectivity index (χ1n) is 5.50. The standard InChI is InChI=1S/C12H24N2O/c1-10(2)7-6-8-11(3)13-9-12(15)14(4)5/h7,11,13H,6,8-9H2,1-5H3. The van der Waals surface area contributed by atoms with Gasteiger partial charge in [-0.3, -0.25) is 4.79 Å². The van der Waals surface area contributed by atoms with Crippen molar-refractivity contribution in [1.29, 1.82) is 0 Å². The minimum absolute atomic E-state index is 0.129. The first-order valence-corrected chi connectivity index (χ1v) is 5.50. The average Bonchev–Trinajstić information content (AvgIpc) is 2.13. The van der Waals surface area contributed by atoms with Gasteiger partial charge in [0.1, 0.15) is 0 Å². The molecule has 0 aromatic carbocycles. The summed E-state index contributed by atoms with van der Waals surface area (Å²) in [6, 6.07) is 0.393. The Hall–Kier alpha value is -0.830. The lowest BCUT2D eigenvalue weighted by atomic mass is 10.1. The predicted octanol–water partition coefficient (Wildman–Crippen LogP) is 1.80. The highest BCUT2D eigenvalue weighted by Crippen LogP contribution is 2.00. The molecule has 0 aliphatic carbocycles. The van der Waals surface area contributed by atoms with Gasteiger partial charge in [-0.2, -0.15) is 0 Å². The molecular weight excluding hydrogens is 188 g/mol. The van der Waals surface area contributed by atoms with Crippen LogP contribution in [0.1, 0.15) is 33.6 Å². The zero-order valence-electron chi connectivity index (χ0n) is 10.6. The Morgan fingerprint density at radius 2 is 2.00 bits per heavy atom. The highest BCUT2D eigenvalue weighted by molar-refractivity contribution is 5.77. The number of likely N-dealkylation sites (N-methyl/N-ethyl adjacent to an activating group) is 1. The zero-order valence-corrected chi connectivity index (χ0v) is 10.6. The fourth-order valence-electron chi connectivity index (χ4n) is 1.14. The van der Waals surface area contributed by atoms with Gasteiger partial charge in [-0.15, -0.1) is 0 Å². The molecule has 3 nitrogen and oxygen atoms in total. The van der Waals surface area contributed by atoms with Crippen molar-refractivity contribution >= 4 is 5.91 Å². The van der Waals surface area contributed by atoms with E-state index in [1.807, 2.05) is 0 Å². The molecule has 0 rings (SSSR count). The van der Waals surface area contributed by atoms with Crippen LogP contribution in [0.3, 0.4) is 0 Å². The molecule has 0 bridgehead atoms. The molecule has 0 saturated heterocycles. The van der Waals surface area contributed by atoms with Crippen LogP contribution in [-0.4, -0.2) is 37.5 Å². The second kappa shape index (κ2) is 7.46. The number of nitrogens with one attached hydrogen (secondary N) is 1. The molecule has 1 N–H and O–H groups in total. The van der Waals surface area contributed by atoms with Gasteiger partial charge in [0.05, 0.1) is 6.54 Å². The van der Waals surface area contributed by atoms with Crippen molar-refractivity contribution in [3.8, 4) is 0 Å². The average molecular weight is 212 g/mol. The second-order valence-electron chi connectivity index (χ2n) is 4.43. The normalized spacial score (nSPS) is 12.1. The Labute approximate surface area is 93.5 Å². The summed E-state index contributed by atoms with van der Waals surface area (Å²) in [5.74, 6) is 0.129. The number of carbonyl (C=O) groups is 1. The molecule has 0 saturated carbocycles. The number of allylic oxidation sites excluding steroid dienone is 2. The van der Waals surface area contributed by atoms with Crippen LogP contribution in [0.25, 0.3) is 0 Å². The van der Waals surface area contributed by atoms with E-state index in [9.17, 15) is 4.79 Å². The summed E-state index contributed by atoms with van der Waals surface area (Å²) in [6.45, 7) is 6.76. The molecule has 0 aliphatic rings. The monoisotopic (exact) mass is 212 g/mol. The van der Waals surface area contributed by atoms with Crippen molar-refractivity contribution in [3.05, 3.63) is 11.6 Å². The van der Waals surface area contributed by atoms with Gasteiger partial charge < -0.3 is 10.2 Å². The third-order valence-corrected chi connectivity index (χ3v) is 2.25. The minimum atomic E-state index is 0.129. The summed E-state index contributed by atoms with van der Waals surface area (Å²) in [5.41, 5.74) is 1.35. The van der Waals surface area contributed by atoms with Crippen molar-refractivity contribution in [2.45, 2.75) is 39.7 Å². The van der Waals surface area contributed by atoms with Crippen LogP contribution in [0.4, 0.5) is 0 Å². The van der Waals surface area contributed by atoms with E-state index < -0.39 is 0 Å². The molecule has 0 fully saturated rings. The molecule has 0 aromatic heterocycles. The summed E-state index contributed by atoms with van der Waals surface area (Å²) >= 11 is 0. The van der Waals surface area contributed by atoms with Gasteiger partial charge >= 0.3 is 0 Å². The molecule has 3 heteroatoms. The number of amides is 1. The zero-order chi connectivity index (χ0) is 11.8. The lowest BCUT2D eigenvalue weighted by molar-refractivity contribution is -0.127. The van der Waals surface area contributed by atoms with E-state index >= 15 is 0 Å². The largest absolute Gasteiger partial charge is 0.348 e. The van der Waals surface area contributed by atoms with E-state index in [0.717, 1.165) is 12.8 Å². The van der Waals surface area contributed by atoms with E-state index in [2.05, 4.69) is 32.2 Å². The topological polar surface area (TPSA) is 32.3 Å². The van der Waals surface area contributed by atoms with Crippen molar-refractivity contribution in [1.82, 2.24) is 10.2 Å². The van der Waals surface area contributed by atoms with Gasteiger partial charge in [-0.25, -0.2) is 0 Å². The van der Waals surface area contributed by atoms with E-state index in [-0.39, 0.29) is 5.91 Å². The maximum atomic E-state index is 11.3. The van der Waals surface area contributed by atoms with Gasteiger partial charge in [0, 0.05) is 20.1 Å². The molecule has 15 heavy (non-hydrogen) atoms. The summed E-state index contributed by atoms with van der Waals surface area (Å²) in [5, 5.41) is 3.22. The van der Waals surface area contributed by atoms with Crippen LogP contribution in [-0.2, 0) is 4.79 Å². The van der Waals surface area contributed by atoms with Crippen LogP contribution in [0.15, 0.2) is 11.6 Å². The fourth-order valence-corrected chi connectivity index (χ4v) is 1.14. The summed E-state index contributed by atoms with van der Waals surface area (Å²) < 4.78 is 0. The molecule has 1 amide bonds. The Kier molecular flexibility index (Phi) is 7.05. The van der Waals surface area contributed by atoms with Crippen LogP contribution >= 0.6 is 0 Å². The Morgan fingerprint density at radius 3 is 2.47 bits per heavy atom. The first-order chi connectivity index (χ1) is 6.93. The van der Waals surface area contributed by atoms with Gasteiger partial charge in [0.2, 0.25) is 5.91 Å². The molecular formula is C12H24N2O. The number of carbonyl (C=O) groups excluding carboxylic acids is 1. The van der Waals surface area contributed by atoms with E-state index in [1.165, 1.54) is 5.57 Å². The van der Waals surface area contributed by atoms with Crippen molar-refractivity contribution < 1.29 is 4.79 Å². The molecule has 0 radical (unpaired) electrons. The lowest BCUT2D eigenvalue weighted by Gasteiger charge is -2.15. The van der Waals surface area contributed by atoms with E-state index in [0.29, 0.717) is 12.6 Å². The highest BCUT2D eigenvalue weighted by atomic mass is 16.2. The van der Waals surface area contributed by atoms with Crippen LogP contribution in [0.2, 0.25) is 0 Å². The highest BCUT2D eigenvalue weighted by Gasteiger charge is 2.05. The van der Waals surface area contributed by atoms with E-state index in [1.54, 1.807) is 19.0 Å². The Balaban J connectivity index is 3.62. The smallest absolute Gasteiger partial charge is 0.236 e. The summed E-state index contributed by atoms with van der Waals surface area (Å²) in [6.07, 6.45) is 4.38. The quantitative estimate of drug-likeness (QED) is 0.681. The van der Waals surface area contributed by atoms with Gasteiger partial charge in [0.25, 0.3) is 0 Å². The minimum Gasteiger partial charge on any atom is -0.348 e. The SMILES string of the molecule is CC(C)=CCCC(C)NCC(=O)N(C)C. The summed E-state index contributed by atoms with van der Waals surface area (Å²) in [7, 11) is 3.55. The Bertz CT molecular complexity index is 218. The number of rotatable bonds is 6. The second-order valence-corrected chi connectivity index (χ2v) is 4.43. The van der Waals surface area contributed by atoms with Gasteiger partial charge in [-0.05, 0) is 33.6 Å². The van der Waals surface area contributed by atoms with Gasteiger partial charge in [-0.1, -0.05) is 11.6 Å².